The van der Waals surface area contributed by atoms with E-state index in [0.29, 0.717) is 26.1 Å². The molecule has 0 spiro atoms. The molecule has 0 aliphatic carbocycles. The molecule has 5 nitrogen and oxygen atoms in total. The van der Waals surface area contributed by atoms with Crippen molar-refractivity contribution in [3.8, 4) is 0 Å². The summed E-state index contributed by atoms with van der Waals surface area (Å²) in [5, 5.41) is 11.3. The van der Waals surface area contributed by atoms with Gasteiger partial charge in [-0.05, 0) is 6.42 Å². The molecule has 1 unspecified atom stereocenters. The van der Waals surface area contributed by atoms with Gasteiger partial charge in [-0.25, -0.2) is 4.79 Å². The molecule has 0 bridgehead atoms. The van der Waals surface area contributed by atoms with Crippen molar-refractivity contribution in [2.75, 3.05) is 19.6 Å². The Balaban J connectivity index is 2.37. The second kappa shape index (κ2) is 4.64. The molecule has 1 saturated heterocycles. The minimum Gasteiger partial charge on any atom is -0.481 e. The van der Waals surface area contributed by atoms with Crippen molar-refractivity contribution in [1.29, 1.82) is 0 Å². The number of hydrogen-bond donors (Lipinski definition) is 2. The van der Waals surface area contributed by atoms with Crippen molar-refractivity contribution in [2.45, 2.75) is 6.42 Å². The number of carbonyl (C=O) groups is 2. The van der Waals surface area contributed by atoms with Crippen LogP contribution >= 0.6 is 0 Å². The molecular weight excluding hydrogens is 184 g/mol. The van der Waals surface area contributed by atoms with Crippen LogP contribution in [0.3, 0.4) is 0 Å². The Bertz CT molecular complexity index is 252. The van der Waals surface area contributed by atoms with E-state index >= 15 is 0 Å². The van der Waals surface area contributed by atoms with E-state index in [1.54, 1.807) is 6.08 Å². The molecule has 2 amide bonds. The van der Waals surface area contributed by atoms with Gasteiger partial charge in [0.05, 0.1) is 5.92 Å². The van der Waals surface area contributed by atoms with Gasteiger partial charge in [-0.2, -0.15) is 0 Å². The molecule has 1 aliphatic heterocycles. The van der Waals surface area contributed by atoms with Gasteiger partial charge in [0.25, 0.3) is 0 Å². The number of rotatable bonds is 3. The number of aliphatic carboxylic acids is 1. The zero-order valence-electron chi connectivity index (χ0n) is 7.90. The summed E-state index contributed by atoms with van der Waals surface area (Å²) in [6.07, 6.45) is 2.12. The highest BCUT2D eigenvalue weighted by atomic mass is 16.4. The van der Waals surface area contributed by atoms with Gasteiger partial charge in [0.15, 0.2) is 0 Å². The molecule has 0 radical (unpaired) electrons. The Morgan fingerprint density at radius 2 is 2.36 bits per heavy atom. The lowest BCUT2D eigenvalue weighted by Crippen LogP contribution is -2.38. The van der Waals surface area contributed by atoms with Gasteiger partial charge in [0, 0.05) is 19.6 Å². The van der Waals surface area contributed by atoms with Crippen LogP contribution in [0, 0.1) is 5.92 Å². The molecule has 1 rings (SSSR count). The van der Waals surface area contributed by atoms with Gasteiger partial charge >= 0.3 is 12.0 Å². The van der Waals surface area contributed by atoms with Gasteiger partial charge in [0.2, 0.25) is 0 Å². The zero-order chi connectivity index (χ0) is 10.6. The second-order valence-electron chi connectivity index (χ2n) is 3.24. The van der Waals surface area contributed by atoms with Crippen LogP contribution < -0.4 is 5.32 Å². The maximum Gasteiger partial charge on any atom is 0.317 e. The van der Waals surface area contributed by atoms with Gasteiger partial charge in [0.1, 0.15) is 0 Å². The van der Waals surface area contributed by atoms with Crippen molar-refractivity contribution in [2.24, 2.45) is 5.92 Å². The number of urea groups is 1. The smallest absolute Gasteiger partial charge is 0.317 e. The Kier molecular flexibility index (Phi) is 3.50. The maximum absolute atomic E-state index is 11.3. The van der Waals surface area contributed by atoms with E-state index in [1.165, 1.54) is 4.90 Å². The number of likely N-dealkylation sites (tertiary alicyclic amines) is 1. The van der Waals surface area contributed by atoms with Crippen LogP contribution in [0.2, 0.25) is 0 Å². The predicted molar refractivity (Wildman–Crippen MR) is 50.9 cm³/mol. The number of carbonyl (C=O) groups excluding carboxylic acids is 1. The van der Waals surface area contributed by atoms with Gasteiger partial charge < -0.3 is 15.3 Å². The third-order valence-corrected chi connectivity index (χ3v) is 2.22. The minimum absolute atomic E-state index is 0.214. The van der Waals surface area contributed by atoms with Crippen molar-refractivity contribution in [3.63, 3.8) is 0 Å². The summed E-state index contributed by atoms with van der Waals surface area (Å²) < 4.78 is 0. The molecule has 1 fully saturated rings. The van der Waals surface area contributed by atoms with E-state index in [4.69, 9.17) is 5.11 Å². The quantitative estimate of drug-likeness (QED) is 0.640. The Hall–Kier alpha value is -1.52. The van der Waals surface area contributed by atoms with Gasteiger partial charge in [-0.1, -0.05) is 6.08 Å². The van der Waals surface area contributed by atoms with Crippen LogP contribution in [0.15, 0.2) is 12.7 Å². The topological polar surface area (TPSA) is 69.6 Å². The van der Waals surface area contributed by atoms with E-state index in [0.717, 1.165) is 0 Å². The number of nitrogens with zero attached hydrogens (tertiary/aromatic N) is 1. The van der Waals surface area contributed by atoms with Crippen LogP contribution in [0.5, 0.6) is 0 Å². The Labute approximate surface area is 82.4 Å². The molecular formula is C9H14N2O3. The summed E-state index contributed by atoms with van der Waals surface area (Å²) >= 11 is 0. The number of amides is 2. The summed E-state index contributed by atoms with van der Waals surface area (Å²) in [7, 11) is 0. The summed E-state index contributed by atoms with van der Waals surface area (Å²) in [5.41, 5.74) is 0. The average molecular weight is 198 g/mol. The van der Waals surface area contributed by atoms with E-state index in [9.17, 15) is 9.59 Å². The van der Waals surface area contributed by atoms with Crippen LogP contribution in [0.1, 0.15) is 6.42 Å². The molecule has 1 atom stereocenters. The predicted octanol–water partition coefficient (Wildman–Crippen LogP) is 0.288. The van der Waals surface area contributed by atoms with Gasteiger partial charge in [-0.3, -0.25) is 4.79 Å². The van der Waals surface area contributed by atoms with Crippen LogP contribution in [0.25, 0.3) is 0 Å². The summed E-state index contributed by atoms with van der Waals surface area (Å²) in [6.45, 7) is 4.70. The van der Waals surface area contributed by atoms with Crippen molar-refractivity contribution in [1.82, 2.24) is 10.2 Å². The average Bonchev–Trinajstić information content (AvgIpc) is 2.62. The molecule has 5 heteroatoms. The number of carboxylic acids is 1. The van der Waals surface area contributed by atoms with Gasteiger partial charge in [-0.15, -0.1) is 6.58 Å². The molecule has 2 N–H and O–H groups in total. The lowest BCUT2D eigenvalue weighted by Gasteiger charge is -2.15. The second-order valence-corrected chi connectivity index (χ2v) is 3.24. The molecule has 1 aliphatic rings. The molecule has 78 valence electrons. The Morgan fingerprint density at radius 3 is 2.86 bits per heavy atom. The largest absolute Gasteiger partial charge is 0.481 e. The lowest BCUT2D eigenvalue weighted by molar-refractivity contribution is -0.141. The van der Waals surface area contributed by atoms with Crippen LogP contribution in [-0.4, -0.2) is 41.6 Å². The third-order valence-electron chi connectivity index (χ3n) is 2.22. The van der Waals surface area contributed by atoms with Crippen LogP contribution in [-0.2, 0) is 4.79 Å². The maximum atomic E-state index is 11.3. The van der Waals surface area contributed by atoms with Crippen molar-refractivity contribution >= 4 is 12.0 Å². The van der Waals surface area contributed by atoms with E-state index in [2.05, 4.69) is 11.9 Å². The molecule has 0 aromatic rings. The molecule has 0 aromatic carbocycles. The first-order chi connectivity index (χ1) is 6.65. The minimum atomic E-state index is -0.830. The summed E-state index contributed by atoms with van der Waals surface area (Å²) in [4.78, 5) is 23.5. The first-order valence-electron chi connectivity index (χ1n) is 4.51. The molecule has 0 aromatic heterocycles. The Morgan fingerprint density at radius 1 is 1.64 bits per heavy atom. The highest BCUT2D eigenvalue weighted by Crippen LogP contribution is 2.15. The van der Waals surface area contributed by atoms with E-state index in [-0.39, 0.29) is 6.03 Å². The summed E-state index contributed by atoms with van der Waals surface area (Å²) in [5.74, 6) is -1.24. The standard InChI is InChI=1S/C9H14N2O3/c1-2-4-10-9(14)11-5-3-7(6-11)8(12)13/h2,7H,1,3-6H2,(H,10,14)(H,12,13). The fraction of sp³-hybridized carbons (Fsp3) is 0.556. The normalized spacial score (nSPS) is 20.6. The fourth-order valence-corrected chi connectivity index (χ4v) is 1.42. The zero-order valence-corrected chi connectivity index (χ0v) is 7.90. The SMILES string of the molecule is C=CCNC(=O)N1CCC(C(=O)O)C1. The number of carboxylic acid groups (broad SMARTS) is 1. The first kappa shape index (κ1) is 10.6. The lowest BCUT2D eigenvalue weighted by atomic mass is 10.1. The number of hydrogen-bond acceptors (Lipinski definition) is 2. The van der Waals surface area contributed by atoms with Crippen molar-refractivity contribution < 1.29 is 14.7 Å². The van der Waals surface area contributed by atoms with E-state index < -0.39 is 11.9 Å². The summed E-state index contributed by atoms with van der Waals surface area (Å²) in [6, 6.07) is -0.214. The fourth-order valence-electron chi connectivity index (χ4n) is 1.42. The van der Waals surface area contributed by atoms with Crippen LogP contribution in [0.4, 0.5) is 4.79 Å². The van der Waals surface area contributed by atoms with Crippen molar-refractivity contribution in [3.05, 3.63) is 12.7 Å². The number of nitrogens with one attached hydrogen (secondary N) is 1. The van der Waals surface area contributed by atoms with E-state index in [1.807, 2.05) is 0 Å². The monoisotopic (exact) mass is 198 g/mol. The molecule has 1 heterocycles. The first-order valence-corrected chi connectivity index (χ1v) is 4.51. The highest BCUT2D eigenvalue weighted by Gasteiger charge is 2.30. The molecule has 0 saturated carbocycles. The highest BCUT2D eigenvalue weighted by molar-refractivity contribution is 5.77. The third kappa shape index (κ3) is 2.48. The molecule has 14 heavy (non-hydrogen) atoms.